The smallest absolute Gasteiger partial charge is 0.264 e. The lowest BCUT2D eigenvalue weighted by molar-refractivity contribution is -0.117. The summed E-state index contributed by atoms with van der Waals surface area (Å²) in [5.41, 5.74) is 3.36. The molecule has 0 N–H and O–H groups in total. The third-order valence-electron chi connectivity index (χ3n) is 5.38. The number of benzene rings is 3. The van der Waals surface area contributed by atoms with Gasteiger partial charge in [0.05, 0.1) is 10.6 Å². The van der Waals surface area contributed by atoms with Gasteiger partial charge in [0.2, 0.25) is 5.91 Å². The van der Waals surface area contributed by atoms with Crippen LogP contribution in [0.25, 0.3) is 0 Å². The molecular weight excluding hydrogens is 396 g/mol. The highest BCUT2D eigenvalue weighted by molar-refractivity contribution is 7.92. The summed E-state index contributed by atoms with van der Waals surface area (Å²) in [5.74, 6) is -0.242. The highest BCUT2D eigenvalue weighted by Gasteiger charge is 2.34. The molecule has 0 aromatic heterocycles. The van der Waals surface area contributed by atoms with Gasteiger partial charge in [-0.3, -0.25) is 9.10 Å². The van der Waals surface area contributed by atoms with E-state index in [-0.39, 0.29) is 23.4 Å². The van der Waals surface area contributed by atoms with Crippen molar-refractivity contribution in [2.24, 2.45) is 0 Å². The van der Waals surface area contributed by atoms with Crippen molar-refractivity contribution >= 4 is 27.3 Å². The second-order valence-corrected chi connectivity index (χ2v) is 9.47. The van der Waals surface area contributed by atoms with E-state index in [9.17, 15) is 13.2 Å². The molecule has 0 aliphatic carbocycles. The van der Waals surface area contributed by atoms with Crippen LogP contribution in [-0.2, 0) is 21.2 Å². The predicted octanol–water partition coefficient (Wildman–Crippen LogP) is 4.17. The minimum absolute atomic E-state index is 0.0197. The third kappa shape index (κ3) is 3.71. The van der Waals surface area contributed by atoms with Crippen LogP contribution in [0.3, 0.4) is 0 Å². The highest BCUT2D eigenvalue weighted by Crippen LogP contribution is 2.33. The monoisotopic (exact) mass is 420 g/mol. The molecule has 1 atom stereocenters. The fraction of sp³-hybridized carbons (Fsp3) is 0.208. The summed E-state index contributed by atoms with van der Waals surface area (Å²) < 4.78 is 28.2. The Morgan fingerprint density at radius 1 is 1.00 bits per heavy atom. The van der Waals surface area contributed by atoms with Crippen LogP contribution in [0.4, 0.5) is 11.4 Å². The number of carbonyl (C=O) groups is 1. The molecule has 0 saturated carbocycles. The first kappa shape index (κ1) is 20.2. The quantitative estimate of drug-likeness (QED) is 0.623. The number of hydrogen-bond donors (Lipinski definition) is 0. The standard InChI is InChI=1S/C24H24N2O3S/c1-18-9-8-11-21(15-18)25(30(28,29)22-12-4-3-5-13-22)17-24(27)26-19(2)16-20-10-6-7-14-23(20)26/h3-15,19H,16-17H2,1-2H3. The van der Waals surface area contributed by atoms with Gasteiger partial charge in [0.15, 0.2) is 0 Å². The molecular formula is C24H24N2O3S. The van der Waals surface area contributed by atoms with Crippen molar-refractivity contribution in [1.29, 1.82) is 0 Å². The van der Waals surface area contributed by atoms with Crippen LogP contribution in [0.1, 0.15) is 18.1 Å². The fourth-order valence-corrected chi connectivity index (χ4v) is 5.39. The maximum Gasteiger partial charge on any atom is 0.264 e. The van der Waals surface area contributed by atoms with Crippen LogP contribution in [0.5, 0.6) is 0 Å². The first-order chi connectivity index (χ1) is 14.4. The maximum atomic E-state index is 13.5. The van der Waals surface area contributed by atoms with Gasteiger partial charge < -0.3 is 4.90 Å². The Bertz CT molecular complexity index is 1180. The lowest BCUT2D eigenvalue weighted by atomic mass is 10.1. The summed E-state index contributed by atoms with van der Waals surface area (Å²) in [6.07, 6.45) is 0.762. The molecule has 1 heterocycles. The van der Waals surface area contributed by atoms with Crippen LogP contribution in [-0.4, -0.2) is 26.9 Å². The molecule has 6 heteroatoms. The van der Waals surface area contributed by atoms with Crippen LogP contribution >= 0.6 is 0 Å². The molecule has 1 aliphatic heterocycles. The maximum absolute atomic E-state index is 13.5. The Kier molecular flexibility index (Phi) is 5.35. The number of aryl methyl sites for hydroxylation is 1. The van der Waals surface area contributed by atoms with Gasteiger partial charge >= 0.3 is 0 Å². The largest absolute Gasteiger partial charge is 0.307 e. The number of fused-ring (bicyclic) bond motifs is 1. The van der Waals surface area contributed by atoms with Gasteiger partial charge in [0.25, 0.3) is 10.0 Å². The van der Waals surface area contributed by atoms with Gasteiger partial charge in [-0.2, -0.15) is 0 Å². The van der Waals surface area contributed by atoms with Crippen LogP contribution in [0.2, 0.25) is 0 Å². The number of hydrogen-bond acceptors (Lipinski definition) is 3. The SMILES string of the molecule is Cc1cccc(N(CC(=O)N2c3ccccc3CC2C)S(=O)(=O)c2ccccc2)c1. The summed E-state index contributed by atoms with van der Waals surface area (Å²) in [4.78, 5) is 15.3. The van der Waals surface area contributed by atoms with E-state index in [4.69, 9.17) is 0 Å². The van der Waals surface area contributed by atoms with Crippen molar-refractivity contribution in [1.82, 2.24) is 0 Å². The fourth-order valence-electron chi connectivity index (χ4n) is 3.96. The average Bonchev–Trinajstić information content (AvgIpc) is 3.08. The Labute approximate surface area is 177 Å². The summed E-state index contributed by atoms with van der Waals surface area (Å²) in [6.45, 7) is 3.62. The van der Waals surface area contributed by atoms with Crippen molar-refractivity contribution in [2.75, 3.05) is 15.7 Å². The van der Waals surface area contributed by atoms with Crippen molar-refractivity contribution in [2.45, 2.75) is 31.2 Å². The second-order valence-electron chi connectivity index (χ2n) is 7.61. The molecule has 4 rings (SSSR count). The molecule has 0 spiro atoms. The van der Waals surface area contributed by atoms with E-state index in [1.54, 1.807) is 53.4 Å². The van der Waals surface area contributed by atoms with Gasteiger partial charge in [0.1, 0.15) is 6.54 Å². The summed E-state index contributed by atoms with van der Waals surface area (Å²) in [7, 11) is -3.90. The van der Waals surface area contributed by atoms with E-state index in [0.717, 1.165) is 23.2 Å². The van der Waals surface area contributed by atoms with Gasteiger partial charge in [-0.25, -0.2) is 8.42 Å². The number of anilines is 2. The number of amides is 1. The summed E-state index contributed by atoms with van der Waals surface area (Å²) >= 11 is 0. The summed E-state index contributed by atoms with van der Waals surface area (Å²) in [6, 6.07) is 23.2. The highest BCUT2D eigenvalue weighted by atomic mass is 32.2. The lowest BCUT2D eigenvalue weighted by Crippen LogP contribution is -2.45. The zero-order valence-electron chi connectivity index (χ0n) is 17.0. The van der Waals surface area contributed by atoms with Crippen LogP contribution < -0.4 is 9.21 Å². The number of sulfonamides is 1. The van der Waals surface area contributed by atoms with E-state index in [1.165, 1.54) is 4.31 Å². The topological polar surface area (TPSA) is 57.7 Å². The van der Waals surface area contributed by atoms with Gasteiger partial charge in [-0.05, 0) is 61.7 Å². The zero-order valence-corrected chi connectivity index (χ0v) is 17.8. The van der Waals surface area contributed by atoms with Crippen molar-refractivity contribution in [3.8, 4) is 0 Å². The van der Waals surface area contributed by atoms with Crippen molar-refractivity contribution < 1.29 is 13.2 Å². The van der Waals surface area contributed by atoms with Crippen molar-refractivity contribution in [3.05, 3.63) is 90.0 Å². The second kappa shape index (κ2) is 7.95. The van der Waals surface area contributed by atoms with Gasteiger partial charge in [-0.15, -0.1) is 0 Å². The Morgan fingerprint density at radius 2 is 1.70 bits per heavy atom. The molecule has 0 saturated heterocycles. The third-order valence-corrected chi connectivity index (χ3v) is 7.16. The number of rotatable bonds is 5. The van der Waals surface area contributed by atoms with Crippen LogP contribution in [0, 0.1) is 6.92 Å². The number of para-hydroxylation sites is 1. The van der Waals surface area contributed by atoms with E-state index in [0.29, 0.717) is 5.69 Å². The van der Waals surface area contributed by atoms with E-state index >= 15 is 0 Å². The normalized spacial score (nSPS) is 15.7. The van der Waals surface area contributed by atoms with Gasteiger partial charge in [-0.1, -0.05) is 48.5 Å². The Hall–Kier alpha value is -3.12. The molecule has 0 radical (unpaired) electrons. The first-order valence-electron chi connectivity index (χ1n) is 9.92. The predicted molar refractivity (Wildman–Crippen MR) is 119 cm³/mol. The Balaban J connectivity index is 1.73. The molecule has 5 nitrogen and oxygen atoms in total. The van der Waals surface area contributed by atoms with Crippen molar-refractivity contribution in [3.63, 3.8) is 0 Å². The van der Waals surface area contributed by atoms with E-state index in [2.05, 4.69) is 0 Å². The Morgan fingerprint density at radius 3 is 2.43 bits per heavy atom. The molecule has 0 bridgehead atoms. The molecule has 30 heavy (non-hydrogen) atoms. The molecule has 154 valence electrons. The molecule has 1 unspecified atom stereocenters. The van der Waals surface area contributed by atoms with Gasteiger partial charge in [0, 0.05) is 11.7 Å². The first-order valence-corrected chi connectivity index (χ1v) is 11.4. The molecule has 3 aromatic rings. The van der Waals surface area contributed by atoms with Crippen LogP contribution in [0.15, 0.2) is 83.8 Å². The number of nitrogens with zero attached hydrogens (tertiary/aromatic N) is 2. The lowest BCUT2D eigenvalue weighted by Gasteiger charge is -2.29. The molecule has 3 aromatic carbocycles. The molecule has 0 fully saturated rings. The minimum Gasteiger partial charge on any atom is -0.307 e. The van der Waals surface area contributed by atoms with E-state index < -0.39 is 10.0 Å². The number of carbonyl (C=O) groups excluding carboxylic acids is 1. The molecule has 1 amide bonds. The average molecular weight is 421 g/mol. The zero-order chi connectivity index (χ0) is 21.3. The minimum atomic E-state index is -3.90. The summed E-state index contributed by atoms with van der Waals surface area (Å²) in [5, 5.41) is 0. The van der Waals surface area contributed by atoms with E-state index in [1.807, 2.05) is 44.2 Å². The molecule has 1 aliphatic rings.